The molecule has 2 N–H and O–H groups in total. The van der Waals surface area contributed by atoms with Gasteiger partial charge in [0.2, 0.25) is 5.91 Å². The van der Waals surface area contributed by atoms with Gasteiger partial charge in [-0.15, -0.1) is 0 Å². The molecule has 0 saturated carbocycles. The molecule has 1 saturated heterocycles. The summed E-state index contributed by atoms with van der Waals surface area (Å²) in [4.78, 5) is 12.0. The van der Waals surface area contributed by atoms with E-state index in [4.69, 9.17) is 9.47 Å². The zero-order valence-corrected chi connectivity index (χ0v) is 12.0. The van der Waals surface area contributed by atoms with E-state index in [1.54, 1.807) is 24.3 Å². The van der Waals surface area contributed by atoms with Crippen LogP contribution in [0.5, 0.6) is 11.8 Å². The van der Waals surface area contributed by atoms with Crippen LogP contribution >= 0.6 is 0 Å². The number of ether oxygens (including phenoxy) is 2. The van der Waals surface area contributed by atoms with Crippen molar-refractivity contribution in [1.82, 2.24) is 20.6 Å². The molecule has 1 amide bonds. The van der Waals surface area contributed by atoms with Crippen LogP contribution in [-0.4, -0.2) is 39.7 Å². The van der Waals surface area contributed by atoms with E-state index in [9.17, 15) is 4.79 Å². The first kappa shape index (κ1) is 14.5. The first-order valence-corrected chi connectivity index (χ1v) is 7.18. The van der Waals surface area contributed by atoms with Gasteiger partial charge in [-0.2, -0.15) is 5.21 Å². The molecule has 22 heavy (non-hydrogen) atoms. The topological polar surface area (TPSA) is 102 Å². The van der Waals surface area contributed by atoms with Crippen LogP contribution in [0.4, 0.5) is 5.69 Å². The van der Waals surface area contributed by atoms with Crippen LogP contribution in [-0.2, 0) is 9.53 Å². The molecule has 0 bridgehead atoms. The Morgan fingerprint density at radius 3 is 2.95 bits per heavy atom. The van der Waals surface area contributed by atoms with Gasteiger partial charge in [0.1, 0.15) is 5.75 Å². The smallest absolute Gasteiger partial charge is 0.361 e. The Labute approximate surface area is 127 Å². The number of tetrazole rings is 1. The van der Waals surface area contributed by atoms with Gasteiger partial charge in [0, 0.05) is 25.3 Å². The summed E-state index contributed by atoms with van der Waals surface area (Å²) in [7, 11) is 0. The fourth-order valence-corrected chi connectivity index (χ4v) is 2.35. The number of rotatable bonds is 5. The fraction of sp³-hybridized carbons (Fsp3) is 0.429. The molecule has 1 aliphatic rings. The molecule has 1 aliphatic heterocycles. The summed E-state index contributed by atoms with van der Waals surface area (Å²) in [5.41, 5.74) is 0.724. The number of benzene rings is 1. The number of aromatic nitrogens is 4. The summed E-state index contributed by atoms with van der Waals surface area (Å²) < 4.78 is 10.7. The predicted octanol–water partition coefficient (Wildman–Crippen LogP) is 1.75. The lowest BCUT2D eigenvalue weighted by Gasteiger charge is -2.21. The number of amides is 1. The summed E-state index contributed by atoms with van der Waals surface area (Å²) in [6.07, 6.45) is 2.56. The Balaban J connectivity index is 1.50. The van der Waals surface area contributed by atoms with Gasteiger partial charge in [-0.05, 0) is 48.2 Å². The van der Waals surface area contributed by atoms with Crippen molar-refractivity contribution in [1.29, 1.82) is 0 Å². The quantitative estimate of drug-likeness (QED) is 0.872. The van der Waals surface area contributed by atoms with Crippen LogP contribution in [0.2, 0.25) is 0 Å². The highest BCUT2D eigenvalue weighted by atomic mass is 16.5. The molecular formula is C14H17N5O3. The first-order valence-electron chi connectivity index (χ1n) is 7.18. The number of carbonyl (C=O) groups excluding carboxylic acids is 1. The number of aromatic amines is 1. The van der Waals surface area contributed by atoms with Gasteiger partial charge in [0.15, 0.2) is 0 Å². The van der Waals surface area contributed by atoms with Crippen molar-refractivity contribution in [2.75, 3.05) is 18.5 Å². The molecule has 0 spiro atoms. The molecule has 1 aromatic carbocycles. The van der Waals surface area contributed by atoms with Crippen molar-refractivity contribution in [2.24, 2.45) is 5.92 Å². The number of carbonyl (C=O) groups is 1. The number of hydrogen-bond donors (Lipinski definition) is 2. The summed E-state index contributed by atoms with van der Waals surface area (Å²) in [6, 6.07) is 7.15. The van der Waals surface area contributed by atoms with E-state index in [0.717, 1.165) is 25.1 Å². The zero-order valence-electron chi connectivity index (χ0n) is 12.0. The van der Waals surface area contributed by atoms with Crippen molar-refractivity contribution in [3.8, 4) is 11.8 Å². The fourth-order valence-electron chi connectivity index (χ4n) is 2.35. The van der Waals surface area contributed by atoms with E-state index < -0.39 is 0 Å². The molecule has 2 heterocycles. The minimum atomic E-state index is 0.00216. The minimum Gasteiger partial charge on any atom is -0.422 e. The summed E-state index contributed by atoms with van der Waals surface area (Å²) in [5.74, 6) is 0.886. The highest BCUT2D eigenvalue weighted by Crippen LogP contribution is 2.21. The molecule has 1 atom stereocenters. The van der Waals surface area contributed by atoms with Gasteiger partial charge < -0.3 is 14.8 Å². The lowest BCUT2D eigenvalue weighted by molar-refractivity contribution is -0.118. The molecule has 8 nitrogen and oxygen atoms in total. The molecule has 2 aromatic rings. The normalized spacial score (nSPS) is 17.9. The number of anilines is 1. The second kappa shape index (κ2) is 6.99. The highest BCUT2D eigenvalue weighted by Gasteiger charge is 2.17. The largest absolute Gasteiger partial charge is 0.422 e. The minimum absolute atomic E-state index is 0.00216. The summed E-state index contributed by atoms with van der Waals surface area (Å²) in [5, 5.41) is 16.0. The lowest BCUT2D eigenvalue weighted by atomic mass is 9.98. The van der Waals surface area contributed by atoms with Crippen LogP contribution in [0.15, 0.2) is 24.3 Å². The highest BCUT2D eigenvalue weighted by molar-refractivity contribution is 5.90. The second-order valence-electron chi connectivity index (χ2n) is 5.16. The van der Waals surface area contributed by atoms with E-state index in [1.165, 1.54) is 0 Å². The van der Waals surface area contributed by atoms with Crippen molar-refractivity contribution in [3.05, 3.63) is 24.3 Å². The molecule has 0 radical (unpaired) electrons. The Kier molecular flexibility index (Phi) is 4.59. The van der Waals surface area contributed by atoms with Crippen LogP contribution < -0.4 is 10.1 Å². The zero-order chi connectivity index (χ0) is 15.2. The number of H-pyrrole nitrogens is 1. The molecular weight excluding hydrogens is 286 g/mol. The summed E-state index contributed by atoms with van der Waals surface area (Å²) >= 11 is 0. The van der Waals surface area contributed by atoms with Gasteiger partial charge in [-0.25, -0.2) is 0 Å². The Bertz CT molecular complexity index is 593. The van der Waals surface area contributed by atoms with Gasteiger partial charge in [-0.1, -0.05) is 10.2 Å². The van der Waals surface area contributed by atoms with Crippen LogP contribution in [0.3, 0.4) is 0 Å². The first-order chi connectivity index (χ1) is 10.8. The second-order valence-corrected chi connectivity index (χ2v) is 5.16. The van der Waals surface area contributed by atoms with Crippen LogP contribution in [0, 0.1) is 5.92 Å². The van der Waals surface area contributed by atoms with Gasteiger partial charge in [0.05, 0.1) is 0 Å². The number of nitrogens with zero attached hydrogens (tertiary/aromatic N) is 3. The number of hydrogen-bond acceptors (Lipinski definition) is 6. The molecule has 3 rings (SSSR count). The maximum Gasteiger partial charge on any atom is 0.361 e. The van der Waals surface area contributed by atoms with E-state index in [2.05, 4.69) is 25.9 Å². The molecule has 1 fully saturated rings. The van der Waals surface area contributed by atoms with Gasteiger partial charge >= 0.3 is 6.01 Å². The molecule has 0 aliphatic carbocycles. The summed E-state index contributed by atoms with van der Waals surface area (Å²) in [6.45, 7) is 1.48. The third-order valence-electron chi connectivity index (χ3n) is 3.40. The van der Waals surface area contributed by atoms with E-state index >= 15 is 0 Å². The lowest BCUT2D eigenvalue weighted by Crippen LogP contribution is -2.23. The van der Waals surface area contributed by atoms with Crippen molar-refractivity contribution >= 4 is 11.6 Å². The Morgan fingerprint density at radius 2 is 2.27 bits per heavy atom. The maximum atomic E-state index is 12.0. The standard InChI is InChI=1S/C14H17N5O3/c20-13(8-10-2-1-7-21-9-10)15-11-3-5-12(6-4-11)22-14-16-18-19-17-14/h3-6,10H,1-2,7-9H2,(H,15,20)(H,16,17,18,19)/t10-/m1/s1. The van der Waals surface area contributed by atoms with Gasteiger partial charge in [-0.3, -0.25) is 4.79 Å². The van der Waals surface area contributed by atoms with Gasteiger partial charge in [0.25, 0.3) is 0 Å². The average Bonchev–Trinajstić information content (AvgIpc) is 3.03. The van der Waals surface area contributed by atoms with E-state index in [-0.39, 0.29) is 11.9 Å². The predicted molar refractivity (Wildman–Crippen MR) is 77.5 cm³/mol. The molecule has 0 unspecified atom stereocenters. The Morgan fingerprint density at radius 1 is 1.41 bits per heavy atom. The SMILES string of the molecule is O=C(C[C@H]1CCCOC1)Nc1ccc(Oc2nn[nH]n2)cc1. The van der Waals surface area contributed by atoms with Crippen molar-refractivity contribution in [2.45, 2.75) is 19.3 Å². The molecule has 116 valence electrons. The maximum absolute atomic E-state index is 12.0. The third-order valence-corrected chi connectivity index (χ3v) is 3.40. The van der Waals surface area contributed by atoms with E-state index in [0.29, 0.717) is 24.7 Å². The van der Waals surface area contributed by atoms with E-state index in [1.807, 2.05) is 0 Å². The van der Waals surface area contributed by atoms with Crippen LogP contribution in [0.1, 0.15) is 19.3 Å². The monoisotopic (exact) mass is 303 g/mol. The molecule has 1 aromatic heterocycles. The third kappa shape index (κ3) is 4.01. The number of nitrogens with one attached hydrogen (secondary N) is 2. The average molecular weight is 303 g/mol. The Hall–Kier alpha value is -2.48. The molecule has 8 heteroatoms. The van der Waals surface area contributed by atoms with Crippen molar-refractivity contribution < 1.29 is 14.3 Å². The van der Waals surface area contributed by atoms with Crippen molar-refractivity contribution in [3.63, 3.8) is 0 Å². The van der Waals surface area contributed by atoms with Crippen LogP contribution in [0.25, 0.3) is 0 Å².